The first kappa shape index (κ1) is 38.9. The summed E-state index contributed by atoms with van der Waals surface area (Å²) in [6.07, 6.45) is 1.08. The van der Waals surface area contributed by atoms with Gasteiger partial charge in [0.1, 0.15) is 11.5 Å². The number of rotatable bonds is 9. The Morgan fingerprint density at radius 2 is 1.25 bits per heavy atom. The van der Waals surface area contributed by atoms with Crippen LogP contribution in [-0.2, 0) is 23.0 Å². The smallest absolute Gasteiger partial charge is 0.304 e. The number of halogens is 4. The first-order valence-corrected chi connectivity index (χ1v) is 22.6. The number of hydrogen-bond donors (Lipinski definition) is 3. The van der Waals surface area contributed by atoms with E-state index < -0.39 is 16.0 Å². The van der Waals surface area contributed by atoms with Crippen LogP contribution in [0.1, 0.15) is 38.5 Å². The highest BCUT2D eigenvalue weighted by molar-refractivity contribution is 7.88. The molecule has 0 saturated carbocycles. The molecule has 2 aliphatic heterocycles. The molecule has 0 spiro atoms. The van der Waals surface area contributed by atoms with Crippen LogP contribution in [0.25, 0.3) is 32.5 Å². The minimum Gasteiger partial charge on any atom is -0.492 e. The van der Waals surface area contributed by atoms with Crippen molar-refractivity contribution in [2.24, 2.45) is 0 Å². The lowest BCUT2D eigenvalue weighted by atomic mass is 10.1. The molecular weight excluding hydrogens is 883 g/mol. The molecule has 13 nitrogen and oxygen atoms in total. The molecule has 0 unspecified atom stereocenters. The SMILES string of the molecule is O=C(NCCCNC(=O)c1nn(-c2ccc(Cl)cc2Cl)c2c1CCOc1cc(S(=O)(=O)O)sc1-2)c1nn(-c2ccc(Cl)cc2Cl)c2c1CCOc1cc([SiH3])sc1-2. The average Bonchev–Trinajstić information content (AvgIpc) is 3.87. The molecule has 0 aliphatic carbocycles. The van der Waals surface area contributed by atoms with Gasteiger partial charge in [-0.05, 0) is 53.4 Å². The molecule has 21 heteroatoms. The summed E-state index contributed by atoms with van der Waals surface area (Å²) in [4.78, 5) is 28.7. The number of carbonyl (C=O) groups excluding carboxylic acids is 2. The van der Waals surface area contributed by atoms with Crippen molar-refractivity contribution in [3.8, 4) is 44.0 Å². The maximum atomic E-state index is 13.7. The lowest BCUT2D eigenvalue weighted by molar-refractivity contribution is 0.0945. The third-order valence-corrected chi connectivity index (χ3v) is 14.4. The lowest BCUT2D eigenvalue weighted by Crippen LogP contribution is -2.31. The van der Waals surface area contributed by atoms with Gasteiger partial charge >= 0.3 is 10.1 Å². The van der Waals surface area contributed by atoms with Crippen LogP contribution in [0.4, 0.5) is 0 Å². The largest absolute Gasteiger partial charge is 0.492 e. The zero-order chi connectivity index (χ0) is 39.5. The number of benzene rings is 2. The first-order chi connectivity index (χ1) is 26.8. The molecule has 0 bridgehead atoms. The van der Waals surface area contributed by atoms with Crippen LogP contribution in [0.15, 0.2) is 52.7 Å². The molecule has 2 aromatic carbocycles. The summed E-state index contributed by atoms with van der Waals surface area (Å²) in [6.45, 7) is 0.874. The van der Waals surface area contributed by atoms with Gasteiger partial charge in [-0.3, -0.25) is 14.1 Å². The van der Waals surface area contributed by atoms with Crippen LogP contribution in [0.3, 0.4) is 0 Å². The molecule has 2 amide bonds. The number of carbonyl (C=O) groups is 2. The summed E-state index contributed by atoms with van der Waals surface area (Å²) in [5.74, 6) is 0.0770. The van der Waals surface area contributed by atoms with Gasteiger partial charge in [0.2, 0.25) is 0 Å². The van der Waals surface area contributed by atoms with Gasteiger partial charge in [0, 0.05) is 53.2 Å². The van der Waals surface area contributed by atoms with Crippen LogP contribution in [0.5, 0.6) is 11.5 Å². The van der Waals surface area contributed by atoms with Crippen molar-refractivity contribution in [3.63, 3.8) is 0 Å². The standard InChI is InChI=1S/C35H28Cl4N6O7S3Si/c36-16-2-4-22(20(38)12-16)44-30-18(6-10-51-24-14-26(53-32(24)30)55(48,49)50)28(42-44)34(46)40-8-1-9-41-35(47)29-19-7-11-52-25-15-27(56)54-33(25)31(19)45(43-29)23-5-3-17(37)13-21(23)39/h2-5,12-15H,1,6-11H2,56H3,(H,40,46)(H,41,47)(H,48,49,50). The van der Waals surface area contributed by atoms with Gasteiger partial charge in [-0.15, -0.1) is 22.7 Å². The maximum Gasteiger partial charge on any atom is 0.304 e. The lowest BCUT2D eigenvalue weighted by Gasteiger charge is -2.10. The van der Waals surface area contributed by atoms with Crippen LogP contribution < -0.4 is 24.6 Å². The van der Waals surface area contributed by atoms with Crippen molar-refractivity contribution in [1.29, 1.82) is 0 Å². The maximum absolute atomic E-state index is 13.7. The zero-order valence-corrected chi connectivity index (χ0v) is 36.5. The fourth-order valence-corrected chi connectivity index (χ4v) is 11.2. The normalized spacial score (nSPS) is 13.4. The van der Waals surface area contributed by atoms with Gasteiger partial charge in [0.05, 0.1) is 66.0 Å². The second-order valence-electron chi connectivity index (χ2n) is 12.7. The molecule has 3 N–H and O–H groups in total. The highest BCUT2D eigenvalue weighted by Crippen LogP contribution is 2.46. The molecule has 6 aromatic rings. The number of nitrogens with zero attached hydrogens (tertiary/aromatic N) is 4. The van der Waals surface area contributed by atoms with E-state index in [9.17, 15) is 22.6 Å². The summed E-state index contributed by atoms with van der Waals surface area (Å²) in [6, 6.07) is 13.1. The highest BCUT2D eigenvalue weighted by atomic mass is 35.5. The van der Waals surface area contributed by atoms with E-state index in [0.29, 0.717) is 62.0 Å². The zero-order valence-electron chi connectivity index (χ0n) is 29.0. The number of aromatic nitrogens is 4. The van der Waals surface area contributed by atoms with E-state index in [-0.39, 0.29) is 58.4 Å². The van der Waals surface area contributed by atoms with E-state index in [1.165, 1.54) is 21.3 Å². The van der Waals surface area contributed by atoms with E-state index in [1.807, 2.05) is 6.07 Å². The Balaban J connectivity index is 1.02. The van der Waals surface area contributed by atoms with Crippen LogP contribution in [-0.4, -0.2) is 80.9 Å². The van der Waals surface area contributed by atoms with Crippen molar-refractivity contribution in [3.05, 3.63) is 91.1 Å². The molecule has 4 aromatic heterocycles. The van der Waals surface area contributed by atoms with Crippen molar-refractivity contribution in [1.82, 2.24) is 30.2 Å². The van der Waals surface area contributed by atoms with Gasteiger partial charge in [-0.1, -0.05) is 46.4 Å². The number of thiophene rings is 2. The molecule has 0 radical (unpaired) electrons. The third-order valence-electron chi connectivity index (χ3n) is 9.00. The third kappa shape index (κ3) is 7.36. The summed E-state index contributed by atoms with van der Waals surface area (Å²) in [5, 5.41) is 16.7. The van der Waals surface area contributed by atoms with Gasteiger partial charge in [0.25, 0.3) is 11.8 Å². The molecule has 8 rings (SSSR count). The minimum atomic E-state index is -4.55. The highest BCUT2D eigenvalue weighted by Gasteiger charge is 2.33. The molecule has 56 heavy (non-hydrogen) atoms. The Morgan fingerprint density at radius 1 is 0.768 bits per heavy atom. The van der Waals surface area contributed by atoms with Crippen molar-refractivity contribution in [2.75, 3.05) is 26.3 Å². The van der Waals surface area contributed by atoms with Gasteiger partial charge < -0.3 is 20.1 Å². The van der Waals surface area contributed by atoms with Crippen molar-refractivity contribution in [2.45, 2.75) is 23.5 Å². The van der Waals surface area contributed by atoms with Crippen LogP contribution in [0.2, 0.25) is 20.1 Å². The van der Waals surface area contributed by atoms with Crippen LogP contribution >= 0.6 is 69.1 Å². The second-order valence-corrected chi connectivity index (χ2v) is 20.2. The number of fused-ring (bicyclic) bond motifs is 6. The number of amides is 2. The van der Waals surface area contributed by atoms with E-state index in [1.54, 1.807) is 46.4 Å². The predicted molar refractivity (Wildman–Crippen MR) is 221 cm³/mol. The van der Waals surface area contributed by atoms with E-state index in [0.717, 1.165) is 43.5 Å². The Labute approximate surface area is 350 Å². The van der Waals surface area contributed by atoms with E-state index >= 15 is 0 Å². The second kappa shape index (κ2) is 15.4. The molecule has 0 atom stereocenters. The molecule has 0 fully saturated rings. The van der Waals surface area contributed by atoms with Gasteiger partial charge in [-0.2, -0.15) is 18.6 Å². The number of ether oxygens (including phenoxy) is 2. The fraction of sp³-hybridized carbons (Fsp3) is 0.200. The van der Waals surface area contributed by atoms with Crippen LogP contribution in [0, 0.1) is 0 Å². The fourth-order valence-electron chi connectivity index (χ4n) is 6.56. The number of hydrogen-bond acceptors (Lipinski definition) is 10. The van der Waals surface area contributed by atoms with Gasteiger partial charge in [0.15, 0.2) is 15.6 Å². The molecule has 6 heterocycles. The molecular formula is C35H28Cl4N6O7S3Si. The first-order valence-electron chi connectivity index (χ1n) is 17.0. The Hall–Kier alpha value is -3.91. The van der Waals surface area contributed by atoms with E-state index in [2.05, 4.69) is 15.7 Å². The summed E-state index contributed by atoms with van der Waals surface area (Å²) >= 11 is 28.0. The summed E-state index contributed by atoms with van der Waals surface area (Å²) in [7, 11) is -3.72. The number of nitrogens with one attached hydrogen (secondary N) is 2. The molecule has 0 saturated heterocycles. The predicted octanol–water partition coefficient (Wildman–Crippen LogP) is 5.79. The Morgan fingerprint density at radius 3 is 1.73 bits per heavy atom. The molecule has 2 aliphatic rings. The topological polar surface area (TPSA) is 167 Å². The summed E-state index contributed by atoms with van der Waals surface area (Å²) in [5.41, 5.74) is 3.67. The Bertz CT molecular complexity index is 2690. The van der Waals surface area contributed by atoms with Crippen molar-refractivity contribution >= 4 is 106 Å². The Kier molecular flexibility index (Phi) is 10.7. The van der Waals surface area contributed by atoms with Gasteiger partial charge in [-0.25, -0.2) is 9.36 Å². The van der Waals surface area contributed by atoms with Crippen molar-refractivity contribution < 1.29 is 32.0 Å². The van der Waals surface area contributed by atoms with E-state index in [4.69, 9.17) is 61.0 Å². The summed E-state index contributed by atoms with van der Waals surface area (Å²) < 4.78 is 49.8. The minimum absolute atomic E-state index is 0.0791. The molecule has 290 valence electrons. The average molecular weight is 911 g/mol. The quantitative estimate of drug-likeness (QED) is 0.0926. The monoisotopic (exact) mass is 908 g/mol.